The Balaban J connectivity index is 1.79. The van der Waals surface area contributed by atoms with Gasteiger partial charge in [0, 0.05) is 0 Å². The molecule has 0 saturated heterocycles. The molecule has 2 aliphatic heterocycles. The second-order valence-corrected chi connectivity index (χ2v) is 7.77. The van der Waals surface area contributed by atoms with Crippen LogP contribution in [0.1, 0.15) is 9.67 Å². The number of rotatable bonds is 1. The fourth-order valence-corrected chi connectivity index (χ4v) is 4.82. The zero-order valence-corrected chi connectivity index (χ0v) is 13.4. The lowest BCUT2D eigenvalue weighted by Gasteiger charge is -2.31. The number of thiophene rings is 1. The molecule has 1 unspecified atom stereocenters. The predicted octanol–water partition coefficient (Wildman–Crippen LogP) is 1.45. The smallest absolute Gasteiger partial charge is 0.286 e. The van der Waals surface area contributed by atoms with Crippen molar-refractivity contribution in [2.24, 2.45) is 16.2 Å². The van der Waals surface area contributed by atoms with Crippen molar-refractivity contribution < 1.29 is 13.2 Å². The van der Waals surface area contributed by atoms with Crippen LogP contribution in [0.3, 0.4) is 0 Å². The maximum Gasteiger partial charge on any atom is 0.286 e. The van der Waals surface area contributed by atoms with Gasteiger partial charge in [-0.3, -0.25) is 4.79 Å². The molecule has 3 heterocycles. The van der Waals surface area contributed by atoms with Gasteiger partial charge in [-0.25, -0.2) is 5.84 Å². The van der Waals surface area contributed by atoms with E-state index in [0.717, 1.165) is 0 Å². The van der Waals surface area contributed by atoms with Crippen molar-refractivity contribution in [3.05, 3.63) is 40.6 Å². The van der Waals surface area contributed by atoms with Crippen molar-refractivity contribution in [1.29, 1.82) is 0 Å². The number of carbonyl (C=O) groups excluding carboxylic acids is 1. The van der Waals surface area contributed by atoms with Gasteiger partial charge in [0.05, 0.1) is 22.8 Å². The monoisotopic (exact) mass is 348 g/mol. The van der Waals surface area contributed by atoms with Crippen LogP contribution in [0.5, 0.6) is 0 Å². The minimum Gasteiger partial charge on any atom is -0.341 e. The third kappa shape index (κ3) is 2.16. The summed E-state index contributed by atoms with van der Waals surface area (Å²) in [4.78, 5) is 13.3. The third-order valence-electron chi connectivity index (χ3n) is 3.85. The SMILES string of the molecule is NN1CC(C2=NS(=O)(=O)c3ccccc3N2)C(=O)c2sccc21. The Morgan fingerprint density at radius 1 is 1.30 bits per heavy atom. The summed E-state index contributed by atoms with van der Waals surface area (Å²) < 4.78 is 28.5. The first-order valence-electron chi connectivity index (χ1n) is 6.82. The van der Waals surface area contributed by atoms with E-state index in [1.54, 1.807) is 29.6 Å². The molecule has 9 heteroatoms. The average molecular weight is 348 g/mol. The molecule has 2 aromatic rings. The number of sulfonamides is 1. The third-order valence-corrected chi connectivity index (χ3v) is 6.12. The van der Waals surface area contributed by atoms with E-state index in [4.69, 9.17) is 5.84 Å². The van der Waals surface area contributed by atoms with E-state index in [2.05, 4.69) is 9.71 Å². The molecule has 1 aromatic heterocycles. The van der Waals surface area contributed by atoms with Gasteiger partial charge in [0.1, 0.15) is 16.6 Å². The highest BCUT2D eigenvalue weighted by atomic mass is 32.2. The summed E-state index contributed by atoms with van der Waals surface area (Å²) in [7, 11) is -3.83. The van der Waals surface area contributed by atoms with Gasteiger partial charge in [-0.05, 0) is 23.6 Å². The molecule has 0 bridgehead atoms. The number of Topliss-reactive ketones (excluding diaryl/α,β-unsaturated/α-hetero) is 1. The van der Waals surface area contributed by atoms with Crippen LogP contribution in [0.25, 0.3) is 0 Å². The molecule has 1 aromatic carbocycles. The van der Waals surface area contributed by atoms with Gasteiger partial charge >= 0.3 is 0 Å². The van der Waals surface area contributed by atoms with Crippen molar-refractivity contribution in [2.75, 3.05) is 16.9 Å². The van der Waals surface area contributed by atoms with Crippen LogP contribution in [0.4, 0.5) is 11.4 Å². The summed E-state index contributed by atoms with van der Waals surface area (Å²) in [5, 5.41) is 6.21. The molecule has 0 amide bonds. The van der Waals surface area contributed by atoms with E-state index in [-0.39, 0.29) is 23.1 Å². The first-order valence-corrected chi connectivity index (χ1v) is 9.14. The first kappa shape index (κ1) is 14.4. The van der Waals surface area contributed by atoms with E-state index < -0.39 is 15.9 Å². The zero-order chi connectivity index (χ0) is 16.2. The number of carbonyl (C=O) groups is 1. The number of nitrogens with two attached hydrogens (primary N) is 1. The predicted molar refractivity (Wildman–Crippen MR) is 88.4 cm³/mol. The van der Waals surface area contributed by atoms with Crippen LogP contribution in [0.2, 0.25) is 0 Å². The van der Waals surface area contributed by atoms with Gasteiger partial charge in [0.15, 0.2) is 5.78 Å². The maximum atomic E-state index is 12.7. The molecule has 0 fully saturated rings. The molecule has 118 valence electrons. The van der Waals surface area contributed by atoms with E-state index in [9.17, 15) is 13.2 Å². The summed E-state index contributed by atoms with van der Waals surface area (Å²) in [6.45, 7) is 0.173. The number of nitrogens with one attached hydrogen (secondary N) is 1. The van der Waals surface area contributed by atoms with Crippen molar-refractivity contribution in [3.63, 3.8) is 0 Å². The Kier molecular flexibility index (Phi) is 3.05. The van der Waals surface area contributed by atoms with Crippen molar-refractivity contribution in [2.45, 2.75) is 4.90 Å². The fourth-order valence-electron chi connectivity index (χ4n) is 2.74. The van der Waals surface area contributed by atoms with Crippen LogP contribution < -0.4 is 16.2 Å². The van der Waals surface area contributed by atoms with Crippen LogP contribution in [-0.2, 0) is 10.0 Å². The molecule has 0 saturated carbocycles. The lowest BCUT2D eigenvalue weighted by Crippen LogP contribution is -2.48. The molecular formula is C14H12N4O3S2. The van der Waals surface area contributed by atoms with Crippen molar-refractivity contribution in [3.8, 4) is 0 Å². The van der Waals surface area contributed by atoms with E-state index in [1.807, 2.05) is 0 Å². The van der Waals surface area contributed by atoms with Crippen molar-refractivity contribution >= 4 is 44.4 Å². The quantitative estimate of drug-likeness (QED) is 0.756. The van der Waals surface area contributed by atoms with Crippen LogP contribution in [-0.4, -0.2) is 26.6 Å². The average Bonchev–Trinajstić information content (AvgIpc) is 3.01. The van der Waals surface area contributed by atoms with Gasteiger partial charge < -0.3 is 10.3 Å². The highest BCUT2D eigenvalue weighted by molar-refractivity contribution is 7.90. The number of anilines is 2. The van der Waals surface area contributed by atoms with Crippen LogP contribution >= 0.6 is 11.3 Å². The maximum absolute atomic E-state index is 12.7. The lowest BCUT2D eigenvalue weighted by molar-refractivity contribution is 0.0955. The Morgan fingerprint density at radius 3 is 2.91 bits per heavy atom. The molecule has 7 nitrogen and oxygen atoms in total. The molecule has 1 atom stereocenters. The van der Waals surface area contributed by atoms with E-state index >= 15 is 0 Å². The second kappa shape index (κ2) is 4.88. The van der Waals surface area contributed by atoms with Gasteiger partial charge in [0.2, 0.25) is 0 Å². The molecule has 4 rings (SSSR count). The molecule has 3 N–H and O–H groups in total. The Bertz CT molecular complexity index is 948. The van der Waals surface area contributed by atoms with Gasteiger partial charge in [-0.1, -0.05) is 12.1 Å². The molecule has 0 radical (unpaired) electrons. The highest BCUT2D eigenvalue weighted by Crippen LogP contribution is 2.35. The van der Waals surface area contributed by atoms with Crippen LogP contribution in [0.15, 0.2) is 45.0 Å². The number of ketones is 1. The number of hydrogen-bond acceptors (Lipinski definition) is 7. The van der Waals surface area contributed by atoms with Crippen LogP contribution in [0, 0.1) is 5.92 Å². The Labute approximate surface area is 136 Å². The fraction of sp³-hybridized carbons (Fsp3) is 0.143. The first-order chi connectivity index (χ1) is 11.0. The Hall–Kier alpha value is -2.23. The largest absolute Gasteiger partial charge is 0.341 e. The normalized spacial score (nSPS) is 22.0. The highest BCUT2D eigenvalue weighted by Gasteiger charge is 2.38. The van der Waals surface area contributed by atoms with Gasteiger partial charge in [-0.2, -0.15) is 8.42 Å². The number of amidine groups is 1. The number of benzene rings is 1. The summed E-state index contributed by atoms with van der Waals surface area (Å²) in [5.41, 5.74) is 1.08. The standard InChI is InChI=1S/C14H12N4O3S2/c15-18-7-8(12(19)13-10(18)5-6-22-13)14-16-9-3-1-2-4-11(9)23(20,21)17-14/h1-6,8H,7,15H2,(H,16,17). The summed E-state index contributed by atoms with van der Waals surface area (Å²) in [5.74, 6) is 5.17. The topological polar surface area (TPSA) is 105 Å². The molecular weight excluding hydrogens is 336 g/mol. The second-order valence-electron chi connectivity index (χ2n) is 5.28. The lowest BCUT2D eigenvalue weighted by atomic mass is 9.96. The minimum absolute atomic E-state index is 0.105. The van der Waals surface area contributed by atoms with Gasteiger partial charge in [0.25, 0.3) is 10.0 Å². The van der Waals surface area contributed by atoms with Crippen molar-refractivity contribution in [1.82, 2.24) is 0 Å². The Morgan fingerprint density at radius 2 is 2.09 bits per heavy atom. The minimum atomic E-state index is -3.83. The zero-order valence-electron chi connectivity index (χ0n) is 11.8. The number of para-hydroxylation sites is 1. The number of hydrogen-bond donors (Lipinski definition) is 2. The summed E-state index contributed by atoms with van der Waals surface area (Å²) in [6.07, 6.45) is 0. The molecule has 0 aliphatic carbocycles. The summed E-state index contributed by atoms with van der Waals surface area (Å²) in [6, 6.07) is 8.25. The molecule has 2 aliphatic rings. The number of nitrogens with zero attached hydrogens (tertiary/aromatic N) is 2. The number of hydrazine groups is 1. The van der Waals surface area contributed by atoms with E-state index in [0.29, 0.717) is 16.3 Å². The molecule has 23 heavy (non-hydrogen) atoms. The summed E-state index contributed by atoms with van der Waals surface area (Å²) >= 11 is 1.29. The molecule has 0 spiro atoms. The van der Waals surface area contributed by atoms with Gasteiger partial charge in [-0.15, -0.1) is 15.7 Å². The number of fused-ring (bicyclic) bond motifs is 2. The van der Waals surface area contributed by atoms with E-state index in [1.165, 1.54) is 22.4 Å².